The molecule has 3 aromatic carbocycles. The van der Waals surface area contributed by atoms with E-state index in [9.17, 15) is 0 Å². The molecule has 0 fully saturated rings. The van der Waals surface area contributed by atoms with Crippen LogP contribution in [0, 0.1) is 0 Å². The molecule has 0 N–H and O–H groups in total. The van der Waals surface area contributed by atoms with Crippen LogP contribution >= 0.6 is 0 Å². The Morgan fingerprint density at radius 1 is 0.871 bits per heavy atom. The molecule has 0 unspecified atom stereocenters. The molecule has 0 atom stereocenters. The van der Waals surface area contributed by atoms with Gasteiger partial charge in [0.1, 0.15) is 0 Å². The summed E-state index contributed by atoms with van der Waals surface area (Å²) in [6.07, 6.45) is 6.15. The average molecular weight is 402 g/mol. The second-order valence-electron chi connectivity index (χ2n) is 7.79. The minimum absolute atomic E-state index is 0.909. The highest BCUT2D eigenvalue weighted by atomic mass is 15.0. The van der Waals surface area contributed by atoms with Gasteiger partial charge in [0.15, 0.2) is 0 Å². The Balaban J connectivity index is 2.13. The fourth-order valence-electron chi connectivity index (χ4n) is 4.09. The van der Waals surface area contributed by atoms with Crippen molar-refractivity contribution < 1.29 is 0 Å². The summed E-state index contributed by atoms with van der Waals surface area (Å²) in [5, 5.41) is 3.57. The highest BCUT2D eigenvalue weighted by Gasteiger charge is 2.12. The van der Waals surface area contributed by atoms with Gasteiger partial charge in [-0.05, 0) is 66.5 Å². The zero-order valence-corrected chi connectivity index (χ0v) is 18.2. The van der Waals surface area contributed by atoms with Crippen molar-refractivity contribution in [1.29, 1.82) is 0 Å². The predicted octanol–water partition coefficient (Wildman–Crippen LogP) is 6.65. The largest absolute Gasteiger partial charge is 0.310 e. The quantitative estimate of drug-likeness (QED) is 0.330. The van der Waals surface area contributed by atoms with Crippen molar-refractivity contribution in [2.24, 2.45) is 0 Å². The van der Waals surface area contributed by atoms with Crippen LogP contribution in [0.3, 0.4) is 0 Å². The number of fused-ring (bicyclic) bond motifs is 1. The first-order valence-electron chi connectivity index (χ1n) is 10.5. The second-order valence-corrected chi connectivity index (χ2v) is 7.79. The van der Waals surface area contributed by atoms with E-state index in [1.807, 2.05) is 19.1 Å². The molecule has 31 heavy (non-hydrogen) atoms. The molecule has 4 rings (SSSR count). The summed E-state index contributed by atoms with van der Waals surface area (Å²) in [4.78, 5) is 0. The molecule has 0 saturated heterocycles. The lowest BCUT2D eigenvalue weighted by Crippen LogP contribution is -2.28. The molecule has 1 heterocycles. The molecule has 1 aromatic heterocycles. The molecule has 4 aromatic rings. The fourth-order valence-corrected chi connectivity index (χ4v) is 4.09. The van der Waals surface area contributed by atoms with Crippen LogP contribution in [0.5, 0.6) is 0 Å². The van der Waals surface area contributed by atoms with Gasteiger partial charge in [0.05, 0.1) is 5.52 Å². The lowest BCUT2D eigenvalue weighted by atomic mass is 9.98. The van der Waals surface area contributed by atoms with Crippen LogP contribution in [0.4, 0.5) is 0 Å². The molecule has 0 bridgehead atoms. The van der Waals surface area contributed by atoms with Gasteiger partial charge in [-0.25, -0.2) is 0 Å². The summed E-state index contributed by atoms with van der Waals surface area (Å²) in [6.45, 7) is 16.4. The monoisotopic (exact) mass is 401 g/mol. The molecular formula is C30H27N. The maximum atomic E-state index is 4.21. The van der Waals surface area contributed by atoms with Crippen molar-refractivity contribution in [1.82, 2.24) is 4.57 Å². The minimum atomic E-state index is 0.909. The molecule has 0 aliphatic rings. The fraction of sp³-hybridized carbons (Fsp3) is 0.0667. The first-order valence-corrected chi connectivity index (χ1v) is 10.5. The van der Waals surface area contributed by atoms with Crippen LogP contribution in [-0.2, 0) is 0 Å². The van der Waals surface area contributed by atoms with Crippen molar-refractivity contribution in [3.05, 3.63) is 120 Å². The Kier molecular flexibility index (Phi) is 5.60. The Morgan fingerprint density at radius 3 is 2.26 bits per heavy atom. The average Bonchev–Trinajstić information content (AvgIpc) is 3.11. The van der Waals surface area contributed by atoms with E-state index >= 15 is 0 Å². The lowest BCUT2D eigenvalue weighted by Gasteiger charge is -2.13. The second kappa shape index (κ2) is 8.49. The third-order valence-corrected chi connectivity index (χ3v) is 5.52. The van der Waals surface area contributed by atoms with Crippen LogP contribution in [0.2, 0.25) is 0 Å². The van der Waals surface area contributed by atoms with E-state index in [0.717, 1.165) is 33.3 Å². The van der Waals surface area contributed by atoms with E-state index in [4.69, 9.17) is 0 Å². The molecule has 0 spiro atoms. The Bertz CT molecular complexity index is 1430. The molecule has 0 aliphatic carbocycles. The number of hydrogen-bond donors (Lipinski definition) is 0. The first kappa shape index (κ1) is 20.4. The van der Waals surface area contributed by atoms with Crippen molar-refractivity contribution in [3.63, 3.8) is 0 Å². The van der Waals surface area contributed by atoms with E-state index in [1.165, 1.54) is 21.7 Å². The van der Waals surface area contributed by atoms with Gasteiger partial charge in [-0.2, -0.15) is 0 Å². The Labute approximate surface area is 184 Å². The number of nitrogens with zero attached hydrogens (tertiary/aromatic N) is 1. The van der Waals surface area contributed by atoms with Gasteiger partial charge in [-0.3, -0.25) is 0 Å². The third kappa shape index (κ3) is 3.83. The summed E-state index contributed by atoms with van der Waals surface area (Å²) in [5.74, 6) is 0. The predicted molar refractivity (Wildman–Crippen MR) is 137 cm³/mol. The zero-order valence-electron chi connectivity index (χ0n) is 18.2. The summed E-state index contributed by atoms with van der Waals surface area (Å²) >= 11 is 0. The van der Waals surface area contributed by atoms with Gasteiger partial charge in [-0.1, -0.05) is 86.0 Å². The van der Waals surface area contributed by atoms with Gasteiger partial charge >= 0.3 is 0 Å². The first-order chi connectivity index (χ1) is 15.0. The zero-order chi connectivity index (χ0) is 22.0. The number of aromatic nitrogens is 1. The van der Waals surface area contributed by atoms with Gasteiger partial charge in [0.25, 0.3) is 0 Å². The summed E-state index contributed by atoms with van der Waals surface area (Å²) in [6, 6.07) is 25.6. The molecular weight excluding hydrogens is 374 g/mol. The van der Waals surface area contributed by atoms with Crippen molar-refractivity contribution in [2.45, 2.75) is 13.8 Å². The van der Waals surface area contributed by atoms with Crippen LogP contribution in [-0.4, -0.2) is 4.57 Å². The van der Waals surface area contributed by atoms with Crippen molar-refractivity contribution in [2.75, 3.05) is 0 Å². The van der Waals surface area contributed by atoms with Crippen molar-refractivity contribution in [3.8, 4) is 16.8 Å². The van der Waals surface area contributed by atoms with Crippen LogP contribution in [0.15, 0.2) is 104 Å². The number of allylic oxidation sites excluding steroid dienone is 3. The van der Waals surface area contributed by atoms with Gasteiger partial charge in [0, 0.05) is 21.6 Å². The third-order valence-electron chi connectivity index (χ3n) is 5.52. The number of benzene rings is 3. The Morgan fingerprint density at radius 2 is 1.58 bits per heavy atom. The minimum Gasteiger partial charge on any atom is -0.310 e. The molecule has 152 valence electrons. The van der Waals surface area contributed by atoms with E-state index in [0.29, 0.717) is 0 Å². The van der Waals surface area contributed by atoms with E-state index < -0.39 is 0 Å². The van der Waals surface area contributed by atoms with Gasteiger partial charge in [0.2, 0.25) is 0 Å². The maximum absolute atomic E-state index is 4.21. The lowest BCUT2D eigenvalue weighted by molar-refractivity contribution is 1.07. The summed E-state index contributed by atoms with van der Waals surface area (Å²) in [7, 11) is 0. The molecule has 1 heteroatoms. The number of para-hydroxylation sites is 1. The topological polar surface area (TPSA) is 4.93 Å². The summed E-state index contributed by atoms with van der Waals surface area (Å²) < 4.78 is 2.33. The van der Waals surface area contributed by atoms with E-state index in [1.54, 1.807) is 0 Å². The normalized spacial score (nSPS) is 12.3. The summed E-state index contributed by atoms with van der Waals surface area (Å²) in [5.41, 5.74) is 7.61. The highest BCUT2D eigenvalue weighted by molar-refractivity contribution is 5.86. The van der Waals surface area contributed by atoms with E-state index in [2.05, 4.69) is 110 Å². The highest BCUT2D eigenvalue weighted by Crippen LogP contribution is 2.28. The van der Waals surface area contributed by atoms with Crippen LogP contribution < -0.4 is 10.6 Å². The van der Waals surface area contributed by atoms with Crippen molar-refractivity contribution >= 4 is 28.6 Å². The Hall–Kier alpha value is -3.84. The number of hydrogen-bond acceptors (Lipinski definition) is 0. The molecule has 0 aliphatic heterocycles. The number of rotatable bonds is 5. The van der Waals surface area contributed by atoms with Crippen LogP contribution in [0.25, 0.3) is 45.4 Å². The standard InChI is InChI=1S/C30H27N/c1-6-22(5)24-18-25(23-13-9-8-10-14-23)20-26(19-24)31-29(7-2)28(17-21(3)4)27-15-11-12-16-30(27)31/h6-20H,1,3,5H2,2,4H3/b28-17-,29-7+. The molecule has 0 radical (unpaired) electrons. The molecule has 0 saturated carbocycles. The smallest absolute Gasteiger partial charge is 0.0540 e. The van der Waals surface area contributed by atoms with Crippen LogP contribution in [0.1, 0.15) is 19.4 Å². The van der Waals surface area contributed by atoms with Gasteiger partial charge in [-0.15, -0.1) is 0 Å². The molecule has 1 nitrogen and oxygen atoms in total. The van der Waals surface area contributed by atoms with Gasteiger partial charge < -0.3 is 4.57 Å². The SMILES string of the molecule is C=CC(=C)c1cc(-c2ccccc2)cc(-n2c(=C/C)/c(=C\C(=C)C)c3ccccc32)c1. The van der Waals surface area contributed by atoms with E-state index in [-0.39, 0.29) is 0 Å². The maximum Gasteiger partial charge on any atom is 0.0540 e. The molecule has 0 amide bonds.